The molecule has 0 atom stereocenters. The van der Waals surface area contributed by atoms with Gasteiger partial charge in [-0.15, -0.1) is 0 Å². The van der Waals surface area contributed by atoms with Crippen molar-refractivity contribution in [2.45, 2.75) is 0 Å². The van der Waals surface area contributed by atoms with Crippen LogP contribution in [0.2, 0.25) is 15.1 Å². The molecule has 1 N–H and O–H groups in total. The molecule has 5 nitrogen and oxygen atoms in total. The van der Waals surface area contributed by atoms with Crippen LogP contribution in [0.5, 0.6) is 5.75 Å². The molecular formula is C19H13Cl3N2O3. The Balaban J connectivity index is 1.56. The Hall–Kier alpha value is -2.47. The third-order valence-corrected chi connectivity index (χ3v) is 4.55. The lowest BCUT2D eigenvalue weighted by Gasteiger charge is -2.06. The van der Waals surface area contributed by atoms with E-state index in [1.165, 1.54) is 6.21 Å². The number of carbonyl (C=O) groups excluding carboxylic acids is 1. The van der Waals surface area contributed by atoms with Crippen LogP contribution in [0.25, 0.3) is 11.3 Å². The Morgan fingerprint density at radius 1 is 1.04 bits per heavy atom. The molecule has 0 aliphatic heterocycles. The van der Waals surface area contributed by atoms with Crippen molar-refractivity contribution in [1.29, 1.82) is 0 Å². The second-order valence-electron chi connectivity index (χ2n) is 5.32. The van der Waals surface area contributed by atoms with Crippen LogP contribution in [-0.2, 0) is 4.79 Å². The van der Waals surface area contributed by atoms with Crippen LogP contribution in [0, 0.1) is 0 Å². The molecule has 2 aromatic carbocycles. The number of para-hydroxylation sites is 1. The Labute approximate surface area is 170 Å². The molecule has 0 fully saturated rings. The fraction of sp³-hybridized carbons (Fsp3) is 0.0526. The standard InChI is InChI=1S/C19H13Cl3N2O3/c20-14-5-1-2-7-17(14)26-11-18(25)24-23-10-12-8-9-16(27-12)13-4-3-6-15(21)19(13)22/h1-10H,11H2,(H,24,25)/b23-10-. The van der Waals surface area contributed by atoms with Crippen molar-refractivity contribution >= 4 is 46.9 Å². The predicted octanol–water partition coefficient (Wildman–Crippen LogP) is 5.44. The normalized spacial score (nSPS) is 10.9. The zero-order valence-corrected chi connectivity index (χ0v) is 16.1. The Bertz CT molecular complexity index is 986. The minimum Gasteiger partial charge on any atom is -0.482 e. The van der Waals surface area contributed by atoms with Crippen molar-refractivity contribution in [3.63, 3.8) is 0 Å². The van der Waals surface area contributed by atoms with Gasteiger partial charge < -0.3 is 9.15 Å². The van der Waals surface area contributed by atoms with Gasteiger partial charge >= 0.3 is 0 Å². The molecule has 0 aliphatic carbocycles. The minimum absolute atomic E-state index is 0.220. The maximum absolute atomic E-state index is 11.8. The number of benzene rings is 2. The van der Waals surface area contributed by atoms with E-state index in [9.17, 15) is 4.79 Å². The molecule has 0 saturated carbocycles. The van der Waals surface area contributed by atoms with Gasteiger partial charge in [0.2, 0.25) is 0 Å². The minimum atomic E-state index is -0.434. The smallest absolute Gasteiger partial charge is 0.277 e. The van der Waals surface area contributed by atoms with E-state index < -0.39 is 5.91 Å². The second kappa shape index (κ2) is 8.95. The summed E-state index contributed by atoms with van der Waals surface area (Å²) in [7, 11) is 0. The third-order valence-electron chi connectivity index (χ3n) is 3.42. The van der Waals surface area contributed by atoms with Gasteiger partial charge in [0.25, 0.3) is 5.91 Å². The van der Waals surface area contributed by atoms with E-state index in [1.54, 1.807) is 54.6 Å². The van der Waals surface area contributed by atoms with Crippen LogP contribution in [0.1, 0.15) is 5.76 Å². The highest BCUT2D eigenvalue weighted by Crippen LogP contribution is 2.34. The van der Waals surface area contributed by atoms with Gasteiger partial charge in [0.15, 0.2) is 6.61 Å². The van der Waals surface area contributed by atoms with Gasteiger partial charge in [0.05, 0.1) is 21.3 Å². The highest BCUT2D eigenvalue weighted by atomic mass is 35.5. The van der Waals surface area contributed by atoms with Crippen molar-refractivity contribution in [3.05, 3.63) is 75.4 Å². The van der Waals surface area contributed by atoms with Gasteiger partial charge in [-0.25, -0.2) is 5.43 Å². The molecule has 27 heavy (non-hydrogen) atoms. The molecule has 0 spiro atoms. The summed E-state index contributed by atoms with van der Waals surface area (Å²) in [5.74, 6) is 0.967. The number of halogens is 3. The van der Waals surface area contributed by atoms with Gasteiger partial charge in [-0.2, -0.15) is 5.10 Å². The maximum atomic E-state index is 11.8. The number of nitrogens with one attached hydrogen (secondary N) is 1. The zero-order chi connectivity index (χ0) is 19.2. The summed E-state index contributed by atoms with van der Waals surface area (Å²) in [5, 5.41) is 5.10. The quantitative estimate of drug-likeness (QED) is 0.424. The Kier molecular flexibility index (Phi) is 6.40. The zero-order valence-electron chi connectivity index (χ0n) is 13.8. The van der Waals surface area contributed by atoms with Crippen LogP contribution in [0.4, 0.5) is 0 Å². The number of hydrogen-bond donors (Lipinski definition) is 1. The molecule has 0 unspecified atom stereocenters. The van der Waals surface area contributed by atoms with Crippen molar-refractivity contribution in [3.8, 4) is 17.1 Å². The summed E-state index contributed by atoms with van der Waals surface area (Å²) in [5.41, 5.74) is 3.01. The van der Waals surface area contributed by atoms with E-state index in [4.69, 9.17) is 44.0 Å². The van der Waals surface area contributed by atoms with E-state index in [2.05, 4.69) is 10.5 Å². The summed E-state index contributed by atoms with van der Waals surface area (Å²) in [6, 6.07) is 15.6. The fourth-order valence-electron chi connectivity index (χ4n) is 2.17. The van der Waals surface area contributed by atoms with Crippen LogP contribution in [-0.4, -0.2) is 18.7 Å². The van der Waals surface area contributed by atoms with Crippen LogP contribution in [0.3, 0.4) is 0 Å². The van der Waals surface area contributed by atoms with Crippen molar-refractivity contribution in [2.24, 2.45) is 5.10 Å². The molecule has 0 bridgehead atoms. The van der Waals surface area contributed by atoms with Gasteiger partial charge in [0, 0.05) is 5.56 Å². The van der Waals surface area contributed by atoms with E-state index in [0.29, 0.717) is 37.9 Å². The number of hydrazone groups is 1. The molecule has 1 amide bonds. The second-order valence-corrected chi connectivity index (χ2v) is 6.51. The molecule has 3 aromatic rings. The molecular weight excluding hydrogens is 411 g/mol. The van der Waals surface area contributed by atoms with E-state index in [-0.39, 0.29) is 6.61 Å². The summed E-state index contributed by atoms with van der Waals surface area (Å²) < 4.78 is 11.0. The predicted molar refractivity (Wildman–Crippen MR) is 107 cm³/mol. The number of furan rings is 1. The lowest BCUT2D eigenvalue weighted by molar-refractivity contribution is -0.123. The SMILES string of the molecule is O=C(COc1ccccc1Cl)N/N=C\c1ccc(-c2cccc(Cl)c2Cl)o1. The molecule has 1 heterocycles. The number of amides is 1. The van der Waals surface area contributed by atoms with Crippen LogP contribution < -0.4 is 10.2 Å². The van der Waals surface area contributed by atoms with Gasteiger partial charge in [-0.1, -0.05) is 53.0 Å². The molecule has 0 saturated heterocycles. The van der Waals surface area contributed by atoms with Gasteiger partial charge in [0.1, 0.15) is 17.3 Å². The number of hydrogen-bond acceptors (Lipinski definition) is 4. The highest BCUT2D eigenvalue weighted by molar-refractivity contribution is 6.43. The van der Waals surface area contributed by atoms with Crippen molar-refractivity contribution in [2.75, 3.05) is 6.61 Å². The highest BCUT2D eigenvalue weighted by Gasteiger charge is 2.10. The third kappa shape index (κ3) is 5.04. The number of carbonyl (C=O) groups is 1. The van der Waals surface area contributed by atoms with Gasteiger partial charge in [-0.3, -0.25) is 4.79 Å². The van der Waals surface area contributed by atoms with Crippen molar-refractivity contribution < 1.29 is 13.9 Å². The first kappa shape index (κ1) is 19.3. The molecule has 0 radical (unpaired) electrons. The van der Waals surface area contributed by atoms with Crippen LogP contribution in [0.15, 0.2) is 64.1 Å². The van der Waals surface area contributed by atoms with E-state index in [1.807, 2.05) is 0 Å². The lowest BCUT2D eigenvalue weighted by atomic mass is 10.2. The average molecular weight is 424 g/mol. The molecule has 8 heteroatoms. The first-order chi connectivity index (χ1) is 13.0. The summed E-state index contributed by atoms with van der Waals surface area (Å²) in [6.45, 7) is -0.220. The summed E-state index contributed by atoms with van der Waals surface area (Å²) in [6.07, 6.45) is 1.37. The largest absolute Gasteiger partial charge is 0.482 e. The molecule has 1 aromatic heterocycles. The molecule has 3 rings (SSSR count). The topological polar surface area (TPSA) is 63.8 Å². The number of rotatable bonds is 6. The lowest BCUT2D eigenvalue weighted by Crippen LogP contribution is -2.24. The Morgan fingerprint density at radius 2 is 1.81 bits per heavy atom. The first-order valence-electron chi connectivity index (χ1n) is 7.78. The van der Waals surface area contributed by atoms with Gasteiger partial charge in [-0.05, 0) is 36.4 Å². The van der Waals surface area contributed by atoms with Crippen molar-refractivity contribution in [1.82, 2.24) is 5.43 Å². The Morgan fingerprint density at radius 3 is 2.63 bits per heavy atom. The molecule has 0 aliphatic rings. The van der Waals surface area contributed by atoms with Crippen LogP contribution >= 0.6 is 34.8 Å². The van der Waals surface area contributed by atoms with E-state index >= 15 is 0 Å². The van der Waals surface area contributed by atoms with E-state index in [0.717, 1.165) is 0 Å². The average Bonchev–Trinajstić information content (AvgIpc) is 3.12. The summed E-state index contributed by atoms with van der Waals surface area (Å²) >= 11 is 18.1. The molecule has 138 valence electrons. The first-order valence-corrected chi connectivity index (χ1v) is 8.91. The summed E-state index contributed by atoms with van der Waals surface area (Å²) in [4.78, 5) is 11.8. The monoisotopic (exact) mass is 422 g/mol. The number of nitrogens with zero attached hydrogens (tertiary/aromatic N) is 1. The number of ether oxygens (including phenoxy) is 1. The maximum Gasteiger partial charge on any atom is 0.277 e. The fourth-order valence-corrected chi connectivity index (χ4v) is 2.75.